The van der Waals surface area contributed by atoms with Crippen molar-refractivity contribution in [1.82, 2.24) is 5.32 Å². The van der Waals surface area contributed by atoms with E-state index in [2.05, 4.69) is 51.9 Å². The lowest BCUT2D eigenvalue weighted by atomic mass is 9.54. The van der Waals surface area contributed by atoms with Gasteiger partial charge in [0.15, 0.2) is 0 Å². The molecule has 0 spiro atoms. The molecule has 0 aromatic heterocycles. The average Bonchev–Trinajstić information content (AvgIpc) is 2.20. The van der Waals surface area contributed by atoms with Gasteiger partial charge in [-0.3, -0.25) is 0 Å². The maximum Gasteiger partial charge on any atom is 0.0489 e. The monoisotopic (exact) mass is 193 g/mol. The van der Waals surface area contributed by atoms with Crippen LogP contribution >= 0.6 is 0 Å². The van der Waals surface area contributed by atoms with Crippen LogP contribution in [0.1, 0.15) is 40.0 Å². The minimum atomic E-state index is 0.162. The van der Waals surface area contributed by atoms with Crippen LogP contribution in [0.25, 0.3) is 0 Å². The molecule has 14 heavy (non-hydrogen) atoms. The van der Waals surface area contributed by atoms with E-state index in [0.29, 0.717) is 0 Å². The minimum absolute atomic E-state index is 0.162. The molecule has 0 bridgehead atoms. The van der Waals surface area contributed by atoms with Crippen LogP contribution in [0.4, 0.5) is 0 Å². The predicted octanol–water partition coefficient (Wildman–Crippen LogP) is 3.29. The van der Waals surface area contributed by atoms with Crippen molar-refractivity contribution >= 4 is 0 Å². The van der Waals surface area contributed by atoms with E-state index in [9.17, 15) is 0 Å². The first-order valence-electron chi connectivity index (χ1n) is 5.70. The summed E-state index contributed by atoms with van der Waals surface area (Å²) in [7, 11) is 2.06. The molecule has 1 nitrogen and oxygen atoms in total. The molecule has 2 atom stereocenters. The first-order valence-corrected chi connectivity index (χ1v) is 5.70. The Balaban J connectivity index is 3.04. The maximum absolute atomic E-state index is 4.24. The van der Waals surface area contributed by atoms with Crippen molar-refractivity contribution in [3.8, 4) is 0 Å². The van der Waals surface area contributed by atoms with Gasteiger partial charge in [0.1, 0.15) is 0 Å². The number of rotatable bonds is 5. The lowest BCUT2D eigenvalue weighted by Gasteiger charge is -2.55. The van der Waals surface area contributed by atoms with Gasteiger partial charge < -0.3 is 5.32 Å². The normalized spacial score (nSPS) is 35.4. The maximum atomic E-state index is 4.24. The highest BCUT2D eigenvalue weighted by Gasteiger charge is 2.51. The second-order valence-corrected chi connectivity index (χ2v) is 4.19. The largest absolute Gasteiger partial charge is 0.310 e. The second kappa shape index (κ2) is 3.90. The van der Waals surface area contributed by atoms with Gasteiger partial charge in [-0.05, 0) is 26.3 Å². The summed E-state index contributed by atoms with van der Waals surface area (Å²) in [6, 6.07) is 0. The van der Waals surface area contributed by atoms with Gasteiger partial charge >= 0.3 is 0 Å². The molecular formula is C13H23N. The first-order chi connectivity index (χ1) is 6.62. The summed E-state index contributed by atoms with van der Waals surface area (Å²) in [6.45, 7) is 10.9. The van der Waals surface area contributed by atoms with Crippen molar-refractivity contribution in [2.45, 2.75) is 45.6 Å². The highest BCUT2D eigenvalue weighted by atomic mass is 15.0. The molecule has 1 aliphatic rings. The number of nitrogens with one attached hydrogen (secondary N) is 1. The van der Waals surface area contributed by atoms with E-state index < -0.39 is 0 Å². The zero-order chi connectivity index (χ0) is 10.8. The molecule has 0 aromatic carbocycles. The van der Waals surface area contributed by atoms with Crippen molar-refractivity contribution in [3.63, 3.8) is 0 Å². The standard InChI is InChI=1S/C13H23N/c1-6-11(4)12(7-2)9-10-13(12,8-3)14-5/h9-10,14H,4,6-8H2,1-3,5H3. The number of hydrogen-bond acceptors (Lipinski definition) is 1. The van der Waals surface area contributed by atoms with Gasteiger partial charge in [-0.1, -0.05) is 45.1 Å². The van der Waals surface area contributed by atoms with Crippen LogP contribution in [0.2, 0.25) is 0 Å². The van der Waals surface area contributed by atoms with Gasteiger partial charge in [0.25, 0.3) is 0 Å². The molecular weight excluding hydrogens is 170 g/mol. The Morgan fingerprint density at radius 2 is 1.86 bits per heavy atom. The van der Waals surface area contributed by atoms with Crippen LogP contribution in [0.5, 0.6) is 0 Å². The van der Waals surface area contributed by atoms with Crippen LogP contribution < -0.4 is 5.32 Å². The highest BCUT2D eigenvalue weighted by Crippen LogP contribution is 2.52. The summed E-state index contributed by atoms with van der Waals surface area (Å²) >= 11 is 0. The van der Waals surface area contributed by atoms with Crippen LogP contribution in [0.15, 0.2) is 24.3 Å². The van der Waals surface area contributed by atoms with Crippen molar-refractivity contribution in [2.24, 2.45) is 5.41 Å². The van der Waals surface area contributed by atoms with Gasteiger partial charge in [-0.2, -0.15) is 0 Å². The zero-order valence-corrected chi connectivity index (χ0v) is 9.98. The number of likely N-dealkylation sites (N-methyl/N-ethyl adjacent to an activating group) is 1. The fraction of sp³-hybridized carbons (Fsp3) is 0.692. The van der Waals surface area contributed by atoms with E-state index >= 15 is 0 Å². The quantitative estimate of drug-likeness (QED) is 0.661. The molecule has 2 unspecified atom stereocenters. The van der Waals surface area contributed by atoms with Crippen LogP contribution in [-0.2, 0) is 0 Å². The third-order valence-electron chi connectivity index (χ3n) is 4.07. The Morgan fingerprint density at radius 3 is 2.07 bits per heavy atom. The fourth-order valence-electron chi connectivity index (χ4n) is 2.83. The summed E-state index contributed by atoms with van der Waals surface area (Å²) in [5.74, 6) is 0. The molecule has 1 rings (SSSR count). The van der Waals surface area contributed by atoms with Gasteiger partial charge in [0.2, 0.25) is 0 Å². The first kappa shape index (κ1) is 11.5. The molecule has 1 N–H and O–H groups in total. The topological polar surface area (TPSA) is 12.0 Å². The predicted molar refractivity (Wildman–Crippen MR) is 63.4 cm³/mol. The van der Waals surface area contributed by atoms with E-state index in [4.69, 9.17) is 0 Å². The van der Waals surface area contributed by atoms with Crippen molar-refractivity contribution < 1.29 is 0 Å². The molecule has 0 aliphatic heterocycles. The van der Waals surface area contributed by atoms with E-state index in [0.717, 1.165) is 19.3 Å². The molecule has 0 radical (unpaired) electrons. The van der Waals surface area contributed by atoms with E-state index in [1.165, 1.54) is 5.57 Å². The molecule has 80 valence electrons. The third-order valence-corrected chi connectivity index (χ3v) is 4.07. The smallest absolute Gasteiger partial charge is 0.0489 e. The molecule has 0 aromatic rings. The molecule has 0 heterocycles. The van der Waals surface area contributed by atoms with E-state index in [1.54, 1.807) is 0 Å². The summed E-state index contributed by atoms with van der Waals surface area (Å²) in [5.41, 5.74) is 1.72. The molecule has 0 amide bonds. The Labute approximate surface area is 88.3 Å². The van der Waals surface area contributed by atoms with E-state index in [-0.39, 0.29) is 11.0 Å². The number of hydrogen-bond donors (Lipinski definition) is 1. The summed E-state index contributed by atoms with van der Waals surface area (Å²) in [5, 5.41) is 3.47. The highest BCUT2D eigenvalue weighted by molar-refractivity contribution is 5.41. The lowest BCUT2D eigenvalue weighted by molar-refractivity contribution is 0.177. The Morgan fingerprint density at radius 1 is 1.21 bits per heavy atom. The summed E-state index contributed by atoms with van der Waals surface area (Å²) in [6.07, 6.45) is 7.98. The SMILES string of the molecule is C=C(CC)C1(CC)C=CC1(CC)NC. The molecule has 0 saturated carbocycles. The minimum Gasteiger partial charge on any atom is -0.310 e. The van der Waals surface area contributed by atoms with Crippen molar-refractivity contribution in [1.29, 1.82) is 0 Å². The van der Waals surface area contributed by atoms with Gasteiger partial charge in [-0.15, -0.1) is 0 Å². The summed E-state index contributed by atoms with van der Waals surface area (Å²) in [4.78, 5) is 0. The van der Waals surface area contributed by atoms with Gasteiger partial charge in [0, 0.05) is 11.0 Å². The second-order valence-electron chi connectivity index (χ2n) is 4.19. The molecule has 0 saturated heterocycles. The average molecular weight is 193 g/mol. The van der Waals surface area contributed by atoms with Crippen molar-refractivity contribution in [2.75, 3.05) is 7.05 Å². The van der Waals surface area contributed by atoms with Crippen LogP contribution in [0.3, 0.4) is 0 Å². The lowest BCUT2D eigenvalue weighted by Crippen LogP contribution is -2.60. The molecule has 1 aliphatic carbocycles. The Kier molecular flexibility index (Phi) is 3.20. The zero-order valence-electron chi connectivity index (χ0n) is 9.98. The fourth-order valence-corrected chi connectivity index (χ4v) is 2.83. The van der Waals surface area contributed by atoms with Crippen molar-refractivity contribution in [3.05, 3.63) is 24.3 Å². The third kappa shape index (κ3) is 1.18. The Bertz CT molecular complexity index is 248. The van der Waals surface area contributed by atoms with Gasteiger partial charge in [0.05, 0.1) is 0 Å². The van der Waals surface area contributed by atoms with Crippen LogP contribution in [-0.4, -0.2) is 12.6 Å². The van der Waals surface area contributed by atoms with Gasteiger partial charge in [-0.25, -0.2) is 0 Å². The van der Waals surface area contributed by atoms with Crippen LogP contribution in [0, 0.1) is 5.41 Å². The Hall–Kier alpha value is -0.560. The summed E-state index contributed by atoms with van der Waals surface area (Å²) < 4.78 is 0. The molecule has 1 heteroatoms. The van der Waals surface area contributed by atoms with E-state index in [1.807, 2.05) is 0 Å². The molecule has 0 fully saturated rings.